The maximum absolute atomic E-state index is 13.8. The lowest BCUT2D eigenvalue weighted by molar-refractivity contribution is -0.147. The third kappa shape index (κ3) is 3.62. The van der Waals surface area contributed by atoms with Crippen LogP contribution in [-0.2, 0) is 11.3 Å². The molecule has 4 fully saturated rings. The van der Waals surface area contributed by atoms with E-state index in [1.165, 1.54) is 17.1 Å². The van der Waals surface area contributed by atoms with Crippen LogP contribution in [0.25, 0.3) is 0 Å². The van der Waals surface area contributed by atoms with E-state index in [9.17, 15) is 18.8 Å². The highest BCUT2D eigenvalue weighted by Crippen LogP contribution is 2.54. The minimum atomic E-state index is -0.653. The Morgan fingerprint density at radius 3 is 2.58 bits per heavy atom. The van der Waals surface area contributed by atoms with Crippen molar-refractivity contribution in [1.29, 1.82) is 5.26 Å². The molecule has 4 saturated carbocycles. The van der Waals surface area contributed by atoms with Crippen molar-refractivity contribution in [2.45, 2.75) is 57.0 Å². The molecule has 0 radical (unpaired) electrons. The van der Waals surface area contributed by atoms with E-state index in [0.717, 1.165) is 44.0 Å². The van der Waals surface area contributed by atoms with Crippen molar-refractivity contribution in [2.75, 3.05) is 0 Å². The van der Waals surface area contributed by atoms with Crippen LogP contribution >= 0.6 is 0 Å². The minimum absolute atomic E-state index is 0.0645. The molecule has 2 heterocycles. The molecule has 33 heavy (non-hydrogen) atoms. The van der Waals surface area contributed by atoms with Crippen LogP contribution in [-0.4, -0.2) is 31.9 Å². The molecule has 1 aromatic heterocycles. The Kier molecular flexibility index (Phi) is 4.78. The number of nitriles is 1. The van der Waals surface area contributed by atoms with Gasteiger partial charge in [0.2, 0.25) is 5.91 Å². The molecule has 0 saturated heterocycles. The molecule has 9 heteroatoms. The Balaban J connectivity index is 1.20. The number of carbonyl (C=O) groups is 1. The fourth-order valence-electron chi connectivity index (χ4n) is 5.90. The summed E-state index contributed by atoms with van der Waals surface area (Å²) in [6.45, 7) is 0.670. The SMILES string of the molecule is N#Cc1nc(C2CC2)n(CC2C[C@H](C(=O)N3N=CCC3c3cc(F)cc(F)c3)C3CC2C3)n1. The summed E-state index contributed by atoms with van der Waals surface area (Å²) >= 11 is 0. The number of halogens is 2. The van der Waals surface area contributed by atoms with Gasteiger partial charge in [0.25, 0.3) is 5.82 Å². The Labute approximate surface area is 190 Å². The van der Waals surface area contributed by atoms with Crippen molar-refractivity contribution in [3.63, 3.8) is 0 Å². The predicted molar refractivity (Wildman–Crippen MR) is 114 cm³/mol. The van der Waals surface area contributed by atoms with Gasteiger partial charge in [-0.05, 0) is 67.6 Å². The number of hydrazone groups is 1. The second-order valence-electron chi connectivity index (χ2n) is 9.89. The van der Waals surface area contributed by atoms with Crippen molar-refractivity contribution in [1.82, 2.24) is 19.8 Å². The second kappa shape index (κ2) is 7.72. The van der Waals surface area contributed by atoms with Crippen molar-refractivity contribution < 1.29 is 13.6 Å². The van der Waals surface area contributed by atoms with Gasteiger partial charge in [-0.2, -0.15) is 10.4 Å². The van der Waals surface area contributed by atoms with E-state index < -0.39 is 17.7 Å². The van der Waals surface area contributed by atoms with Crippen LogP contribution in [0.5, 0.6) is 0 Å². The molecular weight excluding hydrogens is 426 g/mol. The average Bonchev–Trinajstić information content (AvgIpc) is 3.34. The standard InChI is InChI=1S/C24H24F2N6O/c25-18-7-16(8-19(26)10-18)21-3-4-28-32(21)24(33)20-9-17(14-5-15(20)6-14)12-31-23(13-1-2-13)29-22(11-27)30-31/h4,7-8,10,13-15,17,20-21H,1-3,5-6,9,12H2/t14?,15?,17?,20-,21?/m0/s1. The van der Waals surface area contributed by atoms with Crippen LogP contribution in [0.2, 0.25) is 0 Å². The molecule has 5 aliphatic rings. The molecule has 2 aromatic rings. The van der Waals surface area contributed by atoms with Crippen LogP contribution < -0.4 is 0 Å². The third-order valence-corrected chi connectivity index (χ3v) is 7.80. The van der Waals surface area contributed by atoms with Crippen LogP contribution in [0, 0.1) is 46.6 Å². The molecule has 2 unspecified atom stereocenters. The Morgan fingerprint density at radius 1 is 1.12 bits per heavy atom. The minimum Gasteiger partial charge on any atom is -0.273 e. The second-order valence-corrected chi connectivity index (χ2v) is 9.89. The molecule has 170 valence electrons. The Morgan fingerprint density at radius 2 is 1.88 bits per heavy atom. The zero-order valence-corrected chi connectivity index (χ0v) is 18.1. The molecule has 4 aliphatic carbocycles. The zero-order chi connectivity index (χ0) is 22.7. The van der Waals surface area contributed by atoms with Crippen LogP contribution in [0.4, 0.5) is 8.78 Å². The van der Waals surface area contributed by atoms with E-state index in [0.29, 0.717) is 36.3 Å². The lowest BCUT2D eigenvalue weighted by atomic mass is 9.55. The molecule has 0 spiro atoms. The predicted octanol–water partition coefficient (Wildman–Crippen LogP) is 3.93. The van der Waals surface area contributed by atoms with Crippen LogP contribution in [0.3, 0.4) is 0 Å². The number of fused-ring (bicyclic) bond motifs is 2. The molecule has 1 amide bonds. The van der Waals surface area contributed by atoms with Crippen molar-refractivity contribution >= 4 is 12.1 Å². The summed E-state index contributed by atoms with van der Waals surface area (Å²) in [5, 5.41) is 19.4. The Bertz CT molecular complexity index is 1160. The number of hydrogen-bond acceptors (Lipinski definition) is 5. The third-order valence-electron chi connectivity index (χ3n) is 7.80. The summed E-state index contributed by atoms with van der Waals surface area (Å²) in [5.41, 5.74) is 0.429. The van der Waals surface area contributed by atoms with Gasteiger partial charge in [-0.25, -0.2) is 23.5 Å². The van der Waals surface area contributed by atoms with Crippen LogP contribution in [0.15, 0.2) is 23.3 Å². The maximum Gasteiger partial charge on any atom is 0.252 e. The van der Waals surface area contributed by atoms with Gasteiger partial charge >= 0.3 is 0 Å². The van der Waals surface area contributed by atoms with Gasteiger partial charge in [0, 0.05) is 37.1 Å². The monoisotopic (exact) mass is 450 g/mol. The van der Waals surface area contributed by atoms with E-state index in [4.69, 9.17) is 0 Å². The van der Waals surface area contributed by atoms with Gasteiger partial charge in [-0.1, -0.05) is 0 Å². The van der Waals surface area contributed by atoms with Gasteiger partial charge in [0.1, 0.15) is 23.5 Å². The first-order chi connectivity index (χ1) is 16.0. The zero-order valence-electron chi connectivity index (χ0n) is 18.1. The van der Waals surface area contributed by atoms with Gasteiger partial charge in [-0.3, -0.25) is 4.79 Å². The topological polar surface area (TPSA) is 87.2 Å². The highest BCUT2D eigenvalue weighted by atomic mass is 19.1. The quantitative estimate of drug-likeness (QED) is 0.691. The molecule has 7 nitrogen and oxygen atoms in total. The smallest absolute Gasteiger partial charge is 0.252 e. The first-order valence-electron chi connectivity index (χ1n) is 11.7. The maximum atomic E-state index is 13.8. The lowest BCUT2D eigenvalue weighted by Gasteiger charge is -2.51. The Hall–Kier alpha value is -3.15. The summed E-state index contributed by atoms with van der Waals surface area (Å²) in [5.74, 6) is 1.12. The molecule has 3 atom stereocenters. The summed E-state index contributed by atoms with van der Waals surface area (Å²) in [6, 6.07) is 4.97. The first kappa shape index (κ1) is 20.5. The van der Waals surface area contributed by atoms with Crippen molar-refractivity contribution in [3.8, 4) is 6.07 Å². The lowest BCUT2D eigenvalue weighted by Crippen LogP contribution is -2.49. The van der Waals surface area contributed by atoms with Gasteiger partial charge in [0.05, 0.1) is 6.04 Å². The van der Waals surface area contributed by atoms with Gasteiger partial charge in [0.15, 0.2) is 0 Å². The van der Waals surface area contributed by atoms with E-state index >= 15 is 0 Å². The summed E-state index contributed by atoms with van der Waals surface area (Å²) in [7, 11) is 0. The number of amides is 1. The summed E-state index contributed by atoms with van der Waals surface area (Å²) < 4.78 is 29.5. The molecule has 7 rings (SSSR count). The van der Waals surface area contributed by atoms with E-state index in [2.05, 4.69) is 15.2 Å². The molecular formula is C24H24F2N6O. The molecule has 0 N–H and O–H groups in total. The largest absolute Gasteiger partial charge is 0.273 e. The number of rotatable bonds is 5. The molecule has 1 aromatic carbocycles. The van der Waals surface area contributed by atoms with Crippen LogP contribution in [0.1, 0.15) is 67.7 Å². The number of carbonyl (C=O) groups excluding carboxylic acids is 1. The fourth-order valence-corrected chi connectivity index (χ4v) is 5.90. The highest BCUT2D eigenvalue weighted by molar-refractivity contribution is 5.82. The fraction of sp³-hybridized carbons (Fsp3) is 0.542. The first-order valence-corrected chi connectivity index (χ1v) is 11.7. The van der Waals surface area contributed by atoms with E-state index in [1.807, 2.05) is 10.8 Å². The molecule has 2 bridgehead atoms. The number of aromatic nitrogens is 3. The van der Waals surface area contributed by atoms with E-state index in [1.54, 1.807) is 6.21 Å². The summed E-state index contributed by atoms with van der Waals surface area (Å²) in [6.07, 6.45) is 6.98. The number of hydrogen-bond donors (Lipinski definition) is 0. The average molecular weight is 450 g/mol. The van der Waals surface area contributed by atoms with Gasteiger partial charge < -0.3 is 0 Å². The van der Waals surface area contributed by atoms with Gasteiger partial charge in [-0.15, -0.1) is 5.10 Å². The normalized spacial score (nSPS) is 30.2. The van der Waals surface area contributed by atoms with E-state index in [-0.39, 0.29) is 23.6 Å². The number of benzene rings is 1. The highest BCUT2D eigenvalue weighted by Gasteiger charge is 2.50. The summed E-state index contributed by atoms with van der Waals surface area (Å²) in [4.78, 5) is 18.0. The van der Waals surface area contributed by atoms with Crippen molar-refractivity contribution in [3.05, 3.63) is 47.0 Å². The number of nitrogens with zero attached hydrogens (tertiary/aromatic N) is 6. The molecule has 1 aliphatic heterocycles. The van der Waals surface area contributed by atoms with Crippen molar-refractivity contribution in [2.24, 2.45) is 28.8 Å².